The van der Waals surface area contributed by atoms with Crippen LogP contribution in [0.25, 0.3) is 11.3 Å². The Hall–Kier alpha value is -3.44. The van der Waals surface area contributed by atoms with Crippen molar-refractivity contribution in [2.24, 2.45) is 0 Å². The van der Waals surface area contributed by atoms with Crippen molar-refractivity contribution in [3.05, 3.63) is 102 Å². The summed E-state index contributed by atoms with van der Waals surface area (Å²) in [5.74, 6) is 0.807. The first-order valence-corrected chi connectivity index (χ1v) is 11.1. The van der Waals surface area contributed by atoms with Gasteiger partial charge in [-0.1, -0.05) is 90.1 Å². The van der Waals surface area contributed by atoms with Gasteiger partial charge in [-0.05, 0) is 24.6 Å². The summed E-state index contributed by atoms with van der Waals surface area (Å²) in [6.07, 6.45) is 2.49. The van der Waals surface area contributed by atoms with Gasteiger partial charge < -0.3 is 0 Å². The number of hydrogen-bond donors (Lipinski definition) is 1. The zero-order valence-corrected chi connectivity index (χ0v) is 18.0. The van der Waals surface area contributed by atoms with Crippen molar-refractivity contribution in [1.82, 2.24) is 4.98 Å². The molecule has 1 aromatic heterocycles. The second kappa shape index (κ2) is 8.36. The Morgan fingerprint density at radius 1 is 0.968 bits per heavy atom. The smallest absolute Gasteiger partial charge is 0.257 e. The van der Waals surface area contributed by atoms with Crippen LogP contribution in [0.2, 0.25) is 0 Å². The average molecular weight is 425 g/mol. The van der Waals surface area contributed by atoms with E-state index in [0.29, 0.717) is 6.42 Å². The summed E-state index contributed by atoms with van der Waals surface area (Å²) in [6, 6.07) is 28.1. The van der Waals surface area contributed by atoms with Gasteiger partial charge in [0.05, 0.1) is 0 Å². The van der Waals surface area contributed by atoms with E-state index in [1.807, 2.05) is 60.8 Å². The molecule has 0 amide bonds. The molecule has 3 aromatic carbocycles. The fourth-order valence-corrected chi connectivity index (χ4v) is 4.79. The molecule has 0 aliphatic carbocycles. The average Bonchev–Trinajstić information content (AvgIpc) is 3.11. The van der Waals surface area contributed by atoms with E-state index < -0.39 is 0 Å². The van der Waals surface area contributed by atoms with Crippen LogP contribution in [0.1, 0.15) is 15.9 Å². The van der Waals surface area contributed by atoms with Crippen LogP contribution >= 0.6 is 11.8 Å². The molecule has 31 heavy (non-hydrogen) atoms. The maximum Gasteiger partial charge on any atom is 0.359 e. The zero-order chi connectivity index (χ0) is 21.2. The number of hydrogen-bond acceptors (Lipinski definition) is 4. The first kappa shape index (κ1) is 19.5. The first-order chi connectivity index (χ1) is 15.2. The van der Waals surface area contributed by atoms with Crippen LogP contribution in [-0.4, -0.2) is 16.9 Å². The van der Waals surface area contributed by atoms with Crippen molar-refractivity contribution in [3.63, 3.8) is 0 Å². The molecule has 1 atom stereocenters. The summed E-state index contributed by atoms with van der Waals surface area (Å²) in [7, 11) is 0. The summed E-state index contributed by atoms with van der Waals surface area (Å²) >= 11 is 1.58. The first-order valence-electron chi connectivity index (χ1n) is 10.3. The molecule has 0 saturated carbocycles. The fourth-order valence-electron chi connectivity index (χ4n) is 3.78. The van der Waals surface area contributed by atoms with E-state index in [0.717, 1.165) is 32.6 Å². The maximum absolute atomic E-state index is 13.3. The number of carbonyl (C=O) groups is 1. The molecular weight excluding hydrogens is 402 g/mol. The van der Waals surface area contributed by atoms with Gasteiger partial charge in [-0.2, -0.15) is 4.57 Å². The molecule has 0 fully saturated rings. The predicted octanol–water partition coefficient (Wildman–Crippen LogP) is 5.17. The normalized spacial score (nSPS) is 14.9. The quantitative estimate of drug-likeness (QED) is 0.449. The van der Waals surface area contributed by atoms with E-state index in [1.165, 1.54) is 5.56 Å². The number of fused-ring (bicyclic) bond motifs is 1. The number of anilines is 1. The second-order valence-electron chi connectivity index (χ2n) is 7.66. The molecule has 5 heteroatoms. The minimum Gasteiger partial charge on any atom is -0.257 e. The highest BCUT2D eigenvalue weighted by Gasteiger charge is 2.41. The van der Waals surface area contributed by atoms with Gasteiger partial charge in [0, 0.05) is 16.9 Å². The summed E-state index contributed by atoms with van der Waals surface area (Å²) < 4.78 is 1.74. The van der Waals surface area contributed by atoms with Crippen LogP contribution in [0.15, 0.2) is 101 Å². The largest absolute Gasteiger partial charge is 0.359 e. The molecular formula is C26H22N3OS+. The minimum atomic E-state index is -0.313. The van der Waals surface area contributed by atoms with Gasteiger partial charge in [-0.25, -0.2) is 9.78 Å². The number of rotatable bonds is 5. The van der Waals surface area contributed by atoms with Gasteiger partial charge in [-0.15, -0.1) is 0 Å². The van der Waals surface area contributed by atoms with Crippen molar-refractivity contribution < 1.29 is 9.36 Å². The topological polar surface area (TPSA) is 45.9 Å². The highest BCUT2D eigenvalue weighted by atomic mass is 32.2. The van der Waals surface area contributed by atoms with E-state index in [-0.39, 0.29) is 11.9 Å². The molecule has 0 spiro atoms. The molecule has 1 unspecified atom stereocenters. The third-order valence-corrected chi connectivity index (χ3v) is 6.29. The molecule has 152 valence electrons. The van der Waals surface area contributed by atoms with Crippen LogP contribution in [0, 0.1) is 6.92 Å². The summed E-state index contributed by atoms with van der Waals surface area (Å²) in [4.78, 5) is 19.3. The van der Waals surface area contributed by atoms with E-state index in [1.54, 1.807) is 16.3 Å². The van der Waals surface area contributed by atoms with E-state index in [4.69, 9.17) is 4.98 Å². The van der Waals surface area contributed by atoms with Crippen molar-refractivity contribution in [2.75, 3.05) is 5.32 Å². The SMILES string of the molecule is Cc1cccc(Sc2nc(-c3ccccc3)c[n+]3c2NC(Cc2ccccc2)C3=O)c1. The Morgan fingerprint density at radius 2 is 1.71 bits per heavy atom. The summed E-state index contributed by atoms with van der Waals surface area (Å²) in [6.45, 7) is 2.08. The maximum atomic E-state index is 13.3. The second-order valence-corrected chi connectivity index (χ2v) is 8.72. The number of aryl methyl sites for hydroxylation is 1. The van der Waals surface area contributed by atoms with E-state index in [2.05, 4.69) is 42.6 Å². The molecule has 0 radical (unpaired) electrons. The number of carbonyl (C=O) groups excluding carboxylic acids is 1. The minimum absolute atomic E-state index is 0.0459. The lowest BCUT2D eigenvalue weighted by atomic mass is 10.1. The Labute approximate surface area is 186 Å². The standard InChI is InChI=1S/C26H21N3OS/c1-18-9-8-14-21(15-18)31-25-24-27-22(16-19-10-4-2-5-11-19)26(30)29(24)17-23(28-25)20-12-6-3-7-13-20/h2-15,17,22H,16H2,1H3/p+1. The Bertz CT molecular complexity index is 1240. The molecule has 0 saturated heterocycles. The Morgan fingerprint density at radius 3 is 2.45 bits per heavy atom. The van der Waals surface area contributed by atoms with E-state index >= 15 is 0 Å². The van der Waals surface area contributed by atoms with Crippen molar-refractivity contribution >= 4 is 23.5 Å². The summed E-state index contributed by atoms with van der Waals surface area (Å²) in [5.41, 5.74) is 4.10. The molecule has 0 bridgehead atoms. The molecule has 4 aromatic rings. The fraction of sp³-hybridized carbons (Fsp3) is 0.115. The molecule has 1 N–H and O–H groups in total. The molecule has 2 heterocycles. The van der Waals surface area contributed by atoms with Gasteiger partial charge in [0.25, 0.3) is 0 Å². The molecule has 4 nitrogen and oxygen atoms in total. The third-order valence-electron chi connectivity index (χ3n) is 5.32. The Kier molecular flexibility index (Phi) is 5.26. The van der Waals surface area contributed by atoms with Crippen LogP contribution in [0.3, 0.4) is 0 Å². The van der Waals surface area contributed by atoms with Gasteiger partial charge in [-0.3, -0.25) is 5.32 Å². The van der Waals surface area contributed by atoms with Crippen LogP contribution in [-0.2, 0) is 6.42 Å². The van der Waals surface area contributed by atoms with Crippen LogP contribution in [0.4, 0.5) is 5.82 Å². The van der Waals surface area contributed by atoms with Gasteiger partial charge in [0.2, 0.25) is 0 Å². The summed E-state index contributed by atoms with van der Waals surface area (Å²) in [5, 5.41) is 4.25. The highest BCUT2D eigenvalue weighted by Crippen LogP contribution is 2.34. The van der Waals surface area contributed by atoms with Gasteiger partial charge >= 0.3 is 11.7 Å². The monoisotopic (exact) mass is 424 g/mol. The van der Waals surface area contributed by atoms with Gasteiger partial charge in [0.15, 0.2) is 11.1 Å². The number of benzene rings is 3. The van der Waals surface area contributed by atoms with Crippen molar-refractivity contribution in [2.45, 2.75) is 29.3 Å². The lowest BCUT2D eigenvalue weighted by Crippen LogP contribution is -2.43. The van der Waals surface area contributed by atoms with E-state index in [9.17, 15) is 4.79 Å². The Balaban J connectivity index is 1.55. The number of aromatic nitrogens is 2. The molecule has 1 aliphatic rings. The lowest BCUT2D eigenvalue weighted by Gasteiger charge is -2.07. The highest BCUT2D eigenvalue weighted by molar-refractivity contribution is 7.99. The van der Waals surface area contributed by atoms with Crippen LogP contribution in [0.5, 0.6) is 0 Å². The third kappa shape index (κ3) is 4.09. The lowest BCUT2D eigenvalue weighted by molar-refractivity contribution is -0.554. The number of nitrogens with zero attached hydrogens (tertiary/aromatic N) is 2. The van der Waals surface area contributed by atoms with Crippen molar-refractivity contribution in [1.29, 1.82) is 0 Å². The number of nitrogens with one attached hydrogen (secondary N) is 1. The van der Waals surface area contributed by atoms with Crippen LogP contribution < -0.4 is 9.88 Å². The molecule has 5 rings (SSSR count). The predicted molar refractivity (Wildman–Crippen MR) is 123 cm³/mol. The van der Waals surface area contributed by atoms with Crippen molar-refractivity contribution in [3.8, 4) is 11.3 Å². The zero-order valence-electron chi connectivity index (χ0n) is 17.2. The molecule has 1 aliphatic heterocycles. The van der Waals surface area contributed by atoms with Gasteiger partial charge in [0.1, 0.15) is 11.9 Å².